The van der Waals surface area contributed by atoms with Gasteiger partial charge in [-0.1, -0.05) is 35.7 Å². The van der Waals surface area contributed by atoms with E-state index in [9.17, 15) is 27.4 Å². The highest BCUT2D eigenvalue weighted by Gasteiger charge is 2.54. The number of halogens is 4. The zero-order chi connectivity index (χ0) is 29.0. The molecule has 8 nitrogen and oxygen atoms in total. The van der Waals surface area contributed by atoms with Crippen LogP contribution in [-0.4, -0.2) is 73.4 Å². The molecule has 0 radical (unpaired) electrons. The third-order valence-corrected chi connectivity index (χ3v) is 10.5. The van der Waals surface area contributed by atoms with Crippen LogP contribution in [0.25, 0.3) is 0 Å². The lowest BCUT2D eigenvalue weighted by atomic mass is 9.84. The summed E-state index contributed by atoms with van der Waals surface area (Å²) in [5, 5.41) is 3.38. The second-order valence-electron chi connectivity index (χ2n) is 11.0. The van der Waals surface area contributed by atoms with Gasteiger partial charge in [-0.15, -0.1) is 0 Å². The molecule has 4 atom stereocenters. The number of carbonyl (C=O) groups is 3. The van der Waals surface area contributed by atoms with Gasteiger partial charge < -0.3 is 15.1 Å². The standard InChI is InChI=1S/C28H28Cl2F2N4O4S/c29-17-5-9-24(19(30)12-17)41(40)35-13-22(33-26(37)16-2-1-3-16)27(38)36-23(11-15-4-8-20(31)21(32)10-15)28(39)34(14-25(35)36)18-6-7-18/h4-5,8-10,12,16,18,22-23,25H,1-3,6-7,11,13-14H2,(H,33,37). The molecule has 2 aromatic carbocycles. The van der Waals surface area contributed by atoms with Crippen LogP contribution in [0, 0.1) is 17.6 Å². The quantitative estimate of drug-likeness (QED) is 0.509. The molecule has 4 unspecified atom stereocenters. The number of nitrogens with one attached hydrogen (secondary N) is 1. The van der Waals surface area contributed by atoms with Crippen LogP contribution < -0.4 is 5.32 Å². The van der Waals surface area contributed by atoms with Crippen molar-refractivity contribution < 1.29 is 27.4 Å². The zero-order valence-corrected chi connectivity index (χ0v) is 24.2. The summed E-state index contributed by atoms with van der Waals surface area (Å²) in [4.78, 5) is 44.2. The Morgan fingerprint density at radius 1 is 0.976 bits per heavy atom. The van der Waals surface area contributed by atoms with Crippen molar-refractivity contribution in [2.45, 2.75) is 67.7 Å². The number of hydrogen-bond donors (Lipinski definition) is 1. The minimum atomic E-state index is -1.89. The van der Waals surface area contributed by atoms with E-state index >= 15 is 0 Å². The molecule has 4 fully saturated rings. The first-order chi connectivity index (χ1) is 19.6. The number of piperazine rings is 1. The SMILES string of the molecule is O=C(NC1CN(S(=O)c2ccc(Cl)cc2Cl)C2CN(C3CC3)C(=O)C(Cc3ccc(F)c(F)c3)N2C1=O)C1CCC1. The topological polar surface area (TPSA) is 90.0 Å². The molecule has 2 saturated carbocycles. The second-order valence-corrected chi connectivity index (χ2v) is 13.3. The van der Waals surface area contributed by atoms with Crippen LogP contribution in [0.3, 0.4) is 0 Å². The van der Waals surface area contributed by atoms with Gasteiger partial charge in [-0.2, -0.15) is 4.31 Å². The van der Waals surface area contributed by atoms with E-state index in [0.717, 1.165) is 44.2 Å². The number of nitrogens with zero attached hydrogens (tertiary/aromatic N) is 3. The first kappa shape index (κ1) is 28.5. The van der Waals surface area contributed by atoms with Crippen LogP contribution in [0.5, 0.6) is 0 Å². The Hall–Kier alpha value is -2.60. The van der Waals surface area contributed by atoms with Gasteiger partial charge >= 0.3 is 0 Å². The highest BCUT2D eigenvalue weighted by atomic mass is 35.5. The van der Waals surface area contributed by atoms with Gasteiger partial charge in [0.1, 0.15) is 29.2 Å². The van der Waals surface area contributed by atoms with Crippen molar-refractivity contribution in [1.29, 1.82) is 0 Å². The third kappa shape index (κ3) is 5.49. The zero-order valence-electron chi connectivity index (χ0n) is 21.9. The van der Waals surface area contributed by atoms with Gasteiger partial charge in [-0.05, 0) is 61.6 Å². The molecular weight excluding hydrogens is 597 g/mol. The molecule has 2 aliphatic heterocycles. The highest BCUT2D eigenvalue weighted by Crippen LogP contribution is 2.37. The van der Waals surface area contributed by atoms with Crippen molar-refractivity contribution in [2.75, 3.05) is 13.1 Å². The van der Waals surface area contributed by atoms with Crippen LogP contribution in [0.1, 0.15) is 37.7 Å². The molecule has 2 aliphatic carbocycles. The molecule has 3 amide bonds. The van der Waals surface area contributed by atoms with E-state index < -0.39 is 46.8 Å². The second kappa shape index (κ2) is 11.2. The van der Waals surface area contributed by atoms with Crippen molar-refractivity contribution in [3.63, 3.8) is 0 Å². The van der Waals surface area contributed by atoms with Gasteiger partial charge in [0.25, 0.3) is 0 Å². The molecule has 41 heavy (non-hydrogen) atoms. The van der Waals surface area contributed by atoms with E-state index in [0.29, 0.717) is 10.6 Å². The number of carbonyl (C=O) groups excluding carboxylic acids is 3. The molecule has 0 spiro atoms. The largest absolute Gasteiger partial charge is 0.343 e. The van der Waals surface area contributed by atoms with Gasteiger partial charge in [-0.3, -0.25) is 14.4 Å². The van der Waals surface area contributed by atoms with Gasteiger partial charge in [-0.25, -0.2) is 13.0 Å². The predicted molar refractivity (Wildman–Crippen MR) is 148 cm³/mol. The van der Waals surface area contributed by atoms with Crippen molar-refractivity contribution in [3.05, 3.63) is 63.6 Å². The molecule has 0 aromatic heterocycles. The van der Waals surface area contributed by atoms with Crippen LogP contribution in [0.2, 0.25) is 10.0 Å². The molecule has 0 bridgehead atoms. The average Bonchev–Trinajstić information content (AvgIpc) is 3.73. The first-order valence-electron chi connectivity index (χ1n) is 13.6. The number of fused-ring (bicyclic) bond motifs is 1. The Morgan fingerprint density at radius 3 is 2.37 bits per heavy atom. The summed E-state index contributed by atoms with van der Waals surface area (Å²) in [5.74, 6) is -3.33. The maximum Gasteiger partial charge on any atom is 0.248 e. The van der Waals surface area contributed by atoms with Crippen molar-refractivity contribution in [1.82, 2.24) is 19.4 Å². The van der Waals surface area contributed by atoms with Crippen molar-refractivity contribution in [3.8, 4) is 0 Å². The maximum atomic E-state index is 14.1. The van der Waals surface area contributed by atoms with Crippen molar-refractivity contribution >= 4 is 51.9 Å². The molecule has 2 aromatic rings. The first-order valence-corrected chi connectivity index (χ1v) is 15.5. The number of hydrogen-bond acceptors (Lipinski definition) is 4. The summed E-state index contributed by atoms with van der Waals surface area (Å²) in [5.41, 5.74) is 0.334. The Morgan fingerprint density at radius 2 is 1.73 bits per heavy atom. The summed E-state index contributed by atoms with van der Waals surface area (Å²) in [6, 6.07) is 5.82. The fourth-order valence-corrected chi connectivity index (χ4v) is 7.68. The molecule has 2 heterocycles. The molecular formula is C28H28Cl2F2N4O4S. The minimum absolute atomic E-state index is 0.0161. The van der Waals surface area contributed by atoms with Crippen LogP contribution in [0.4, 0.5) is 8.78 Å². The Balaban J connectivity index is 1.39. The molecule has 13 heteroatoms. The van der Waals surface area contributed by atoms with Crippen LogP contribution in [-0.2, 0) is 31.8 Å². The van der Waals surface area contributed by atoms with E-state index in [1.807, 2.05) is 0 Å². The normalized spacial score (nSPS) is 26.0. The maximum absolute atomic E-state index is 14.1. The monoisotopic (exact) mass is 624 g/mol. The minimum Gasteiger partial charge on any atom is -0.343 e. The van der Waals surface area contributed by atoms with E-state index in [1.54, 1.807) is 21.3 Å². The summed E-state index contributed by atoms with van der Waals surface area (Å²) >= 11 is 12.5. The van der Waals surface area contributed by atoms with Gasteiger partial charge in [0.05, 0.1) is 16.5 Å². The van der Waals surface area contributed by atoms with Gasteiger partial charge in [0.15, 0.2) is 11.6 Å². The lowest BCUT2D eigenvalue weighted by Crippen LogP contribution is -2.75. The van der Waals surface area contributed by atoms with Gasteiger partial charge in [0, 0.05) is 29.9 Å². The van der Waals surface area contributed by atoms with E-state index in [-0.39, 0.29) is 53.2 Å². The average molecular weight is 626 g/mol. The van der Waals surface area contributed by atoms with E-state index in [1.165, 1.54) is 17.0 Å². The smallest absolute Gasteiger partial charge is 0.248 e. The van der Waals surface area contributed by atoms with E-state index in [4.69, 9.17) is 23.2 Å². The summed E-state index contributed by atoms with van der Waals surface area (Å²) in [6.07, 6.45) is 3.10. The van der Waals surface area contributed by atoms with E-state index in [2.05, 4.69) is 5.32 Å². The molecule has 218 valence electrons. The number of rotatable bonds is 7. The Labute approximate surface area is 248 Å². The lowest BCUT2D eigenvalue weighted by Gasteiger charge is -2.53. The van der Waals surface area contributed by atoms with Crippen LogP contribution >= 0.6 is 23.2 Å². The Bertz CT molecular complexity index is 1440. The molecule has 1 N–H and O–H groups in total. The molecule has 6 rings (SSSR count). The summed E-state index contributed by atoms with van der Waals surface area (Å²) in [7, 11) is -1.89. The summed E-state index contributed by atoms with van der Waals surface area (Å²) in [6.45, 7) is 0.0539. The van der Waals surface area contributed by atoms with Crippen LogP contribution in [0.15, 0.2) is 41.3 Å². The molecule has 4 aliphatic rings. The fraction of sp³-hybridized carbons (Fsp3) is 0.464. The molecule has 2 saturated heterocycles. The highest BCUT2D eigenvalue weighted by molar-refractivity contribution is 7.82. The number of amides is 3. The number of benzene rings is 2. The predicted octanol–water partition coefficient (Wildman–Crippen LogP) is 3.67. The fourth-order valence-electron chi connectivity index (χ4n) is 5.74. The third-order valence-electron chi connectivity index (χ3n) is 8.32. The van der Waals surface area contributed by atoms with Crippen molar-refractivity contribution in [2.24, 2.45) is 5.92 Å². The van der Waals surface area contributed by atoms with Gasteiger partial charge in [0.2, 0.25) is 17.7 Å². The summed E-state index contributed by atoms with van der Waals surface area (Å²) < 4.78 is 43.5. The Kier molecular flexibility index (Phi) is 7.82. The lowest BCUT2D eigenvalue weighted by molar-refractivity contribution is -0.168.